The van der Waals surface area contributed by atoms with E-state index in [2.05, 4.69) is 0 Å². The van der Waals surface area contributed by atoms with E-state index in [9.17, 15) is 8.42 Å². The molecule has 6 heteroatoms. The molecule has 5 nitrogen and oxygen atoms in total. The first-order chi connectivity index (χ1) is 9.00. The normalized spacial score (nSPS) is 23.4. The minimum absolute atomic E-state index is 0.0142. The molecule has 19 heavy (non-hydrogen) atoms. The lowest BCUT2D eigenvalue weighted by Crippen LogP contribution is -2.32. The van der Waals surface area contributed by atoms with Crippen molar-refractivity contribution < 1.29 is 17.9 Å². The third-order valence-corrected chi connectivity index (χ3v) is 5.59. The summed E-state index contributed by atoms with van der Waals surface area (Å²) in [6.45, 7) is 2.42. The van der Waals surface area contributed by atoms with Crippen molar-refractivity contribution >= 4 is 15.5 Å². The number of sulfone groups is 1. The van der Waals surface area contributed by atoms with E-state index < -0.39 is 15.1 Å². The van der Waals surface area contributed by atoms with Gasteiger partial charge in [0.25, 0.3) is 0 Å². The Morgan fingerprint density at radius 2 is 2.16 bits per heavy atom. The van der Waals surface area contributed by atoms with Gasteiger partial charge in [0.2, 0.25) is 0 Å². The minimum atomic E-state index is -3.18. The molecule has 0 radical (unpaired) electrons. The molecule has 0 aromatic heterocycles. The summed E-state index contributed by atoms with van der Waals surface area (Å²) in [6, 6.07) is 7.05. The Hall–Kier alpha value is -1.27. The van der Waals surface area contributed by atoms with Gasteiger partial charge >= 0.3 is 0 Å². The molecule has 2 rings (SSSR count). The van der Waals surface area contributed by atoms with Gasteiger partial charge in [-0.2, -0.15) is 0 Å². The summed E-state index contributed by atoms with van der Waals surface area (Å²) in [5, 5.41) is -0.413. The Balaban J connectivity index is 1.90. The van der Waals surface area contributed by atoms with Gasteiger partial charge in [-0.15, -0.1) is 0 Å². The van der Waals surface area contributed by atoms with Gasteiger partial charge in [0, 0.05) is 6.61 Å². The van der Waals surface area contributed by atoms with Crippen molar-refractivity contribution in [2.75, 3.05) is 24.7 Å². The Bertz CT molecular complexity index is 529. The average Bonchev–Trinajstić information content (AvgIpc) is 2.79. The van der Waals surface area contributed by atoms with Crippen molar-refractivity contribution in [2.45, 2.75) is 24.7 Å². The van der Waals surface area contributed by atoms with Crippen LogP contribution in [0.1, 0.15) is 13.3 Å². The standard InChI is InChI=1S/C13H19NO4S/c1-10-13(6-7-17-10)19(15,16)9-8-18-12-5-3-2-4-11(12)14/h2-5,10,13H,6-9,14H2,1H3. The Kier molecular flexibility index (Phi) is 4.31. The summed E-state index contributed by atoms with van der Waals surface area (Å²) < 4.78 is 35.0. The minimum Gasteiger partial charge on any atom is -0.490 e. The summed E-state index contributed by atoms with van der Waals surface area (Å²) in [5.74, 6) is 0.508. The zero-order valence-corrected chi connectivity index (χ0v) is 11.7. The Morgan fingerprint density at radius 1 is 1.42 bits per heavy atom. The molecular formula is C13H19NO4S. The van der Waals surface area contributed by atoms with E-state index >= 15 is 0 Å². The van der Waals surface area contributed by atoms with E-state index in [4.69, 9.17) is 15.2 Å². The van der Waals surface area contributed by atoms with Crippen molar-refractivity contribution in [3.63, 3.8) is 0 Å². The zero-order chi connectivity index (χ0) is 13.9. The molecule has 0 aliphatic carbocycles. The number of nitrogens with two attached hydrogens (primary N) is 1. The van der Waals surface area contributed by atoms with Crippen LogP contribution in [0.5, 0.6) is 5.75 Å². The third kappa shape index (κ3) is 3.39. The molecule has 0 bridgehead atoms. The monoisotopic (exact) mass is 285 g/mol. The highest BCUT2D eigenvalue weighted by Crippen LogP contribution is 2.23. The van der Waals surface area contributed by atoms with Crippen LogP contribution in [0.2, 0.25) is 0 Å². The molecule has 0 saturated carbocycles. The molecule has 1 aromatic rings. The quantitative estimate of drug-likeness (QED) is 0.823. The fourth-order valence-corrected chi connectivity index (χ4v) is 3.95. The van der Waals surface area contributed by atoms with Crippen LogP contribution >= 0.6 is 0 Å². The second-order valence-electron chi connectivity index (χ2n) is 4.66. The van der Waals surface area contributed by atoms with Gasteiger partial charge in [0.15, 0.2) is 9.84 Å². The van der Waals surface area contributed by atoms with Crippen molar-refractivity contribution in [3.8, 4) is 5.75 Å². The first-order valence-corrected chi connectivity index (χ1v) is 8.03. The second kappa shape index (κ2) is 5.79. The lowest BCUT2D eigenvalue weighted by atomic mass is 10.3. The number of rotatable bonds is 5. The molecule has 1 aromatic carbocycles. The molecule has 2 atom stereocenters. The maximum atomic E-state index is 12.1. The van der Waals surface area contributed by atoms with E-state index in [0.29, 0.717) is 24.5 Å². The van der Waals surface area contributed by atoms with Crippen molar-refractivity contribution in [3.05, 3.63) is 24.3 Å². The molecule has 0 spiro atoms. The number of hydrogen-bond acceptors (Lipinski definition) is 5. The molecule has 1 aliphatic rings. The van der Waals surface area contributed by atoms with Crippen LogP contribution in [-0.2, 0) is 14.6 Å². The third-order valence-electron chi connectivity index (χ3n) is 3.31. The van der Waals surface area contributed by atoms with E-state index in [-0.39, 0.29) is 18.5 Å². The number of nitrogen functional groups attached to an aromatic ring is 1. The molecule has 106 valence electrons. The van der Waals surface area contributed by atoms with Crippen molar-refractivity contribution in [1.82, 2.24) is 0 Å². The van der Waals surface area contributed by atoms with E-state index in [0.717, 1.165) is 0 Å². The maximum absolute atomic E-state index is 12.1. The second-order valence-corrected chi connectivity index (χ2v) is 7.00. The number of benzene rings is 1. The van der Waals surface area contributed by atoms with Gasteiger partial charge in [-0.05, 0) is 25.5 Å². The molecule has 0 amide bonds. The van der Waals surface area contributed by atoms with Gasteiger partial charge < -0.3 is 15.2 Å². The summed E-state index contributed by atoms with van der Waals surface area (Å²) in [5.41, 5.74) is 6.23. The number of anilines is 1. The van der Waals surface area contributed by atoms with Crippen LogP contribution in [-0.4, -0.2) is 38.7 Å². The predicted molar refractivity (Wildman–Crippen MR) is 74.0 cm³/mol. The lowest BCUT2D eigenvalue weighted by molar-refractivity contribution is 0.126. The topological polar surface area (TPSA) is 78.6 Å². The first kappa shape index (κ1) is 14.1. The molecule has 2 unspecified atom stereocenters. The van der Waals surface area contributed by atoms with Crippen LogP contribution < -0.4 is 10.5 Å². The van der Waals surface area contributed by atoms with Gasteiger partial charge in [-0.3, -0.25) is 0 Å². The SMILES string of the molecule is CC1OCCC1S(=O)(=O)CCOc1ccccc1N. The first-order valence-electron chi connectivity index (χ1n) is 6.31. The van der Waals surface area contributed by atoms with E-state index in [1.165, 1.54) is 0 Å². The molecule has 1 aliphatic heterocycles. The summed E-state index contributed by atoms with van der Waals surface area (Å²) >= 11 is 0. The van der Waals surface area contributed by atoms with Crippen LogP contribution in [0.4, 0.5) is 5.69 Å². The molecule has 1 heterocycles. The summed E-state index contributed by atoms with van der Waals surface area (Å²) in [4.78, 5) is 0. The lowest BCUT2D eigenvalue weighted by Gasteiger charge is -2.15. The number of hydrogen-bond donors (Lipinski definition) is 1. The highest BCUT2D eigenvalue weighted by Gasteiger charge is 2.35. The highest BCUT2D eigenvalue weighted by molar-refractivity contribution is 7.92. The van der Waals surface area contributed by atoms with E-state index in [1.54, 1.807) is 31.2 Å². The van der Waals surface area contributed by atoms with Gasteiger partial charge in [0.1, 0.15) is 12.4 Å². The summed E-state index contributed by atoms with van der Waals surface area (Å²) in [6.07, 6.45) is 0.337. The van der Waals surface area contributed by atoms with Gasteiger partial charge in [-0.1, -0.05) is 12.1 Å². The van der Waals surface area contributed by atoms with E-state index in [1.807, 2.05) is 0 Å². The van der Waals surface area contributed by atoms with Crippen LogP contribution in [0.3, 0.4) is 0 Å². The van der Waals surface area contributed by atoms with Crippen LogP contribution in [0.15, 0.2) is 24.3 Å². The zero-order valence-electron chi connectivity index (χ0n) is 10.9. The van der Waals surface area contributed by atoms with Crippen LogP contribution in [0, 0.1) is 0 Å². The van der Waals surface area contributed by atoms with Crippen molar-refractivity contribution in [2.24, 2.45) is 0 Å². The number of ether oxygens (including phenoxy) is 2. The largest absolute Gasteiger partial charge is 0.490 e. The summed E-state index contributed by atoms with van der Waals surface area (Å²) in [7, 11) is -3.18. The fraction of sp³-hybridized carbons (Fsp3) is 0.538. The maximum Gasteiger partial charge on any atom is 0.159 e. The Morgan fingerprint density at radius 3 is 2.79 bits per heavy atom. The molecular weight excluding hydrogens is 266 g/mol. The molecule has 1 fully saturated rings. The average molecular weight is 285 g/mol. The smallest absolute Gasteiger partial charge is 0.159 e. The predicted octanol–water partition coefficient (Wildman–Crippen LogP) is 1.24. The van der Waals surface area contributed by atoms with Gasteiger partial charge in [-0.25, -0.2) is 8.42 Å². The Labute approximate surface area is 113 Å². The van der Waals surface area contributed by atoms with Gasteiger partial charge in [0.05, 0.1) is 22.8 Å². The van der Waals surface area contributed by atoms with Crippen molar-refractivity contribution in [1.29, 1.82) is 0 Å². The highest BCUT2D eigenvalue weighted by atomic mass is 32.2. The van der Waals surface area contributed by atoms with Crippen LogP contribution in [0.25, 0.3) is 0 Å². The molecule has 1 saturated heterocycles. The number of para-hydroxylation sites is 2. The fourth-order valence-electron chi connectivity index (χ4n) is 2.21. The molecule has 2 N–H and O–H groups in total.